The molecule has 0 spiro atoms. The molecule has 0 fully saturated rings. The average Bonchev–Trinajstić information content (AvgIpc) is 2.49. The van der Waals surface area contributed by atoms with Gasteiger partial charge in [-0.3, -0.25) is 0 Å². The first-order chi connectivity index (χ1) is 7.00. The van der Waals surface area contributed by atoms with E-state index in [0.717, 1.165) is 6.42 Å². The average molecular weight is 227 g/mol. The first kappa shape index (κ1) is 12.7. The lowest BCUT2D eigenvalue weighted by atomic mass is 10.1. The van der Waals surface area contributed by atoms with Gasteiger partial charge in [-0.1, -0.05) is 0 Å². The Morgan fingerprint density at radius 3 is 2.53 bits per heavy atom. The van der Waals surface area contributed by atoms with Crippen LogP contribution < -0.4 is 5.32 Å². The minimum Gasteiger partial charge on any atom is -0.393 e. The molecule has 0 amide bonds. The molecule has 0 saturated heterocycles. The first-order valence-corrected chi connectivity index (χ1v) is 6.36. The number of aryl methyl sites for hydroxylation is 1. The molecule has 3 atom stereocenters. The Kier molecular flexibility index (Phi) is 4.77. The lowest BCUT2D eigenvalue weighted by Crippen LogP contribution is -2.31. The maximum Gasteiger partial charge on any atom is 0.0526 e. The molecule has 1 aromatic rings. The van der Waals surface area contributed by atoms with E-state index < -0.39 is 0 Å². The molecule has 2 nitrogen and oxygen atoms in total. The van der Waals surface area contributed by atoms with Gasteiger partial charge in [-0.2, -0.15) is 0 Å². The fraction of sp³-hybridized carbons (Fsp3) is 0.667. The SMILES string of the molecule is Cc1ccsc1C(C)NC(C)CC(C)O. The van der Waals surface area contributed by atoms with E-state index in [0.29, 0.717) is 12.1 Å². The predicted octanol–water partition coefficient (Wildman–Crippen LogP) is 2.87. The second-order valence-corrected chi connectivity index (χ2v) is 5.29. The zero-order chi connectivity index (χ0) is 11.4. The van der Waals surface area contributed by atoms with Gasteiger partial charge in [-0.25, -0.2) is 0 Å². The van der Waals surface area contributed by atoms with Crippen molar-refractivity contribution in [3.63, 3.8) is 0 Å². The summed E-state index contributed by atoms with van der Waals surface area (Å²) in [6.45, 7) is 8.27. The van der Waals surface area contributed by atoms with Gasteiger partial charge in [0.15, 0.2) is 0 Å². The van der Waals surface area contributed by atoms with Gasteiger partial charge in [0.1, 0.15) is 0 Å². The van der Waals surface area contributed by atoms with Crippen LogP contribution in [0, 0.1) is 6.92 Å². The third-order valence-corrected chi connectivity index (χ3v) is 3.73. The molecule has 86 valence electrons. The molecule has 0 aliphatic heterocycles. The highest BCUT2D eigenvalue weighted by atomic mass is 32.1. The van der Waals surface area contributed by atoms with Gasteiger partial charge in [-0.15, -0.1) is 11.3 Å². The van der Waals surface area contributed by atoms with Crippen molar-refractivity contribution in [3.8, 4) is 0 Å². The van der Waals surface area contributed by atoms with Gasteiger partial charge in [0.2, 0.25) is 0 Å². The highest BCUT2D eigenvalue weighted by Crippen LogP contribution is 2.24. The van der Waals surface area contributed by atoms with E-state index in [1.165, 1.54) is 10.4 Å². The Morgan fingerprint density at radius 1 is 1.40 bits per heavy atom. The summed E-state index contributed by atoms with van der Waals surface area (Å²) in [7, 11) is 0. The van der Waals surface area contributed by atoms with Crippen molar-refractivity contribution in [3.05, 3.63) is 21.9 Å². The van der Waals surface area contributed by atoms with Gasteiger partial charge in [0.25, 0.3) is 0 Å². The van der Waals surface area contributed by atoms with Crippen LogP contribution in [0.4, 0.5) is 0 Å². The molecule has 0 aliphatic carbocycles. The lowest BCUT2D eigenvalue weighted by Gasteiger charge is -2.20. The molecular weight excluding hydrogens is 206 g/mol. The van der Waals surface area contributed by atoms with E-state index in [9.17, 15) is 5.11 Å². The van der Waals surface area contributed by atoms with E-state index >= 15 is 0 Å². The zero-order valence-corrected chi connectivity index (χ0v) is 10.8. The number of hydrogen-bond donors (Lipinski definition) is 2. The van der Waals surface area contributed by atoms with E-state index in [2.05, 4.69) is 37.5 Å². The van der Waals surface area contributed by atoms with Crippen molar-refractivity contribution in [1.82, 2.24) is 5.32 Å². The topological polar surface area (TPSA) is 32.3 Å². The Labute approximate surface area is 96.3 Å². The van der Waals surface area contributed by atoms with Crippen molar-refractivity contribution in [1.29, 1.82) is 0 Å². The number of aliphatic hydroxyl groups excluding tert-OH is 1. The van der Waals surface area contributed by atoms with Crippen LogP contribution in [-0.2, 0) is 0 Å². The summed E-state index contributed by atoms with van der Waals surface area (Å²) in [5.41, 5.74) is 1.35. The molecule has 0 radical (unpaired) electrons. The number of nitrogens with one attached hydrogen (secondary N) is 1. The lowest BCUT2D eigenvalue weighted by molar-refractivity contribution is 0.168. The van der Waals surface area contributed by atoms with Crippen LogP contribution in [0.2, 0.25) is 0 Å². The largest absolute Gasteiger partial charge is 0.393 e. The van der Waals surface area contributed by atoms with E-state index in [4.69, 9.17) is 0 Å². The van der Waals surface area contributed by atoms with E-state index in [1.54, 1.807) is 11.3 Å². The normalized spacial score (nSPS) is 17.4. The predicted molar refractivity (Wildman–Crippen MR) is 66.4 cm³/mol. The van der Waals surface area contributed by atoms with Gasteiger partial charge in [0.05, 0.1) is 6.10 Å². The molecule has 15 heavy (non-hydrogen) atoms. The smallest absolute Gasteiger partial charge is 0.0526 e. The number of hydrogen-bond acceptors (Lipinski definition) is 3. The first-order valence-electron chi connectivity index (χ1n) is 5.48. The summed E-state index contributed by atoms with van der Waals surface area (Å²) < 4.78 is 0. The number of thiophene rings is 1. The van der Waals surface area contributed by atoms with Crippen molar-refractivity contribution < 1.29 is 5.11 Å². The number of rotatable bonds is 5. The fourth-order valence-electron chi connectivity index (χ4n) is 1.91. The standard InChI is InChI=1S/C12H21NOS/c1-8-5-6-15-12(8)11(4)13-9(2)7-10(3)14/h5-6,9-11,13-14H,7H2,1-4H3. The number of aliphatic hydroxyl groups is 1. The molecule has 1 rings (SSSR count). The molecule has 0 aliphatic rings. The van der Waals surface area contributed by atoms with Crippen LogP contribution >= 0.6 is 11.3 Å². The van der Waals surface area contributed by atoms with Crippen molar-refractivity contribution in [2.45, 2.75) is 52.3 Å². The molecule has 1 heterocycles. The summed E-state index contributed by atoms with van der Waals surface area (Å²) in [5.74, 6) is 0. The van der Waals surface area contributed by atoms with Crippen LogP contribution in [0.3, 0.4) is 0 Å². The molecular formula is C12H21NOS. The highest BCUT2D eigenvalue weighted by Gasteiger charge is 2.13. The van der Waals surface area contributed by atoms with Crippen LogP contribution in [0.5, 0.6) is 0 Å². The Morgan fingerprint density at radius 2 is 2.07 bits per heavy atom. The summed E-state index contributed by atoms with van der Waals surface area (Å²) in [4.78, 5) is 1.40. The molecule has 0 aromatic carbocycles. The summed E-state index contributed by atoms with van der Waals surface area (Å²) in [5, 5.41) is 14.9. The third-order valence-electron chi connectivity index (χ3n) is 2.52. The van der Waals surface area contributed by atoms with Crippen LogP contribution in [0.1, 0.15) is 43.7 Å². The van der Waals surface area contributed by atoms with Crippen molar-refractivity contribution >= 4 is 11.3 Å². The van der Waals surface area contributed by atoms with Crippen molar-refractivity contribution in [2.24, 2.45) is 0 Å². The van der Waals surface area contributed by atoms with Gasteiger partial charge < -0.3 is 10.4 Å². The van der Waals surface area contributed by atoms with Gasteiger partial charge in [0, 0.05) is 17.0 Å². The summed E-state index contributed by atoms with van der Waals surface area (Å²) in [6.07, 6.45) is 0.568. The Balaban J connectivity index is 2.49. The minimum absolute atomic E-state index is 0.232. The molecule has 3 unspecified atom stereocenters. The quantitative estimate of drug-likeness (QED) is 0.810. The minimum atomic E-state index is -0.232. The highest BCUT2D eigenvalue weighted by molar-refractivity contribution is 7.10. The van der Waals surface area contributed by atoms with Crippen LogP contribution in [-0.4, -0.2) is 17.3 Å². The van der Waals surface area contributed by atoms with E-state index in [-0.39, 0.29) is 6.10 Å². The molecule has 3 heteroatoms. The zero-order valence-electron chi connectivity index (χ0n) is 9.95. The van der Waals surface area contributed by atoms with Crippen LogP contribution in [0.15, 0.2) is 11.4 Å². The van der Waals surface area contributed by atoms with Crippen LogP contribution in [0.25, 0.3) is 0 Å². The molecule has 2 N–H and O–H groups in total. The van der Waals surface area contributed by atoms with E-state index in [1.807, 2.05) is 6.92 Å². The monoisotopic (exact) mass is 227 g/mol. The maximum absolute atomic E-state index is 9.28. The summed E-state index contributed by atoms with van der Waals surface area (Å²) in [6, 6.07) is 2.87. The molecule has 1 aromatic heterocycles. The third kappa shape index (κ3) is 3.93. The Hall–Kier alpha value is -0.380. The van der Waals surface area contributed by atoms with Gasteiger partial charge in [-0.05, 0) is 51.1 Å². The summed E-state index contributed by atoms with van der Waals surface area (Å²) >= 11 is 1.79. The molecule has 0 saturated carbocycles. The van der Waals surface area contributed by atoms with Gasteiger partial charge >= 0.3 is 0 Å². The fourth-order valence-corrected chi connectivity index (χ4v) is 2.86. The maximum atomic E-state index is 9.28. The second kappa shape index (κ2) is 5.64. The molecule has 0 bridgehead atoms. The van der Waals surface area contributed by atoms with Crippen molar-refractivity contribution in [2.75, 3.05) is 0 Å². The second-order valence-electron chi connectivity index (χ2n) is 4.34. The Bertz CT molecular complexity index is 296.